The molecule has 0 heterocycles. The molecule has 0 unspecified atom stereocenters. The SMILES string of the molecule is Cc1cc(Br)c(NC(=O)N(C)CCCC(=O)O)c(Br)c1. The van der Waals surface area contributed by atoms with Gasteiger partial charge < -0.3 is 15.3 Å². The molecule has 2 N–H and O–H groups in total. The highest BCUT2D eigenvalue weighted by molar-refractivity contribution is 9.11. The van der Waals surface area contributed by atoms with Crippen molar-refractivity contribution in [2.24, 2.45) is 0 Å². The Morgan fingerprint density at radius 1 is 1.30 bits per heavy atom. The zero-order chi connectivity index (χ0) is 15.3. The molecule has 1 aromatic rings. The van der Waals surface area contributed by atoms with Crippen molar-refractivity contribution in [3.8, 4) is 0 Å². The molecule has 0 fully saturated rings. The molecule has 7 heteroatoms. The Morgan fingerprint density at radius 2 is 1.85 bits per heavy atom. The van der Waals surface area contributed by atoms with Crippen LogP contribution in [0.15, 0.2) is 21.1 Å². The van der Waals surface area contributed by atoms with Crippen molar-refractivity contribution in [1.29, 1.82) is 0 Å². The molecule has 0 aliphatic heterocycles. The molecule has 1 aromatic carbocycles. The summed E-state index contributed by atoms with van der Waals surface area (Å²) >= 11 is 6.81. The lowest BCUT2D eigenvalue weighted by molar-refractivity contribution is -0.137. The number of hydrogen-bond donors (Lipinski definition) is 2. The number of aliphatic carboxylic acids is 1. The van der Waals surface area contributed by atoms with Gasteiger partial charge in [-0.2, -0.15) is 0 Å². The van der Waals surface area contributed by atoms with E-state index in [9.17, 15) is 9.59 Å². The van der Waals surface area contributed by atoms with Gasteiger partial charge >= 0.3 is 12.0 Å². The average Bonchev–Trinajstić information content (AvgIpc) is 2.32. The van der Waals surface area contributed by atoms with Gasteiger partial charge in [-0.05, 0) is 62.9 Å². The van der Waals surface area contributed by atoms with Crippen LogP contribution >= 0.6 is 31.9 Å². The van der Waals surface area contributed by atoms with E-state index in [1.807, 2.05) is 19.1 Å². The van der Waals surface area contributed by atoms with Crippen LogP contribution in [-0.2, 0) is 4.79 Å². The predicted octanol–water partition coefficient (Wildman–Crippen LogP) is 3.85. The lowest BCUT2D eigenvalue weighted by Crippen LogP contribution is -2.32. The summed E-state index contributed by atoms with van der Waals surface area (Å²) in [6, 6.07) is 3.54. The number of rotatable bonds is 5. The summed E-state index contributed by atoms with van der Waals surface area (Å²) < 4.78 is 1.58. The fraction of sp³-hybridized carbons (Fsp3) is 0.385. The summed E-state index contributed by atoms with van der Waals surface area (Å²) in [7, 11) is 1.63. The van der Waals surface area contributed by atoms with E-state index in [0.29, 0.717) is 18.7 Å². The molecule has 0 aliphatic carbocycles. The van der Waals surface area contributed by atoms with Crippen LogP contribution in [-0.4, -0.2) is 35.6 Å². The van der Waals surface area contributed by atoms with Crippen molar-refractivity contribution < 1.29 is 14.7 Å². The zero-order valence-electron chi connectivity index (χ0n) is 11.2. The van der Waals surface area contributed by atoms with Crippen molar-refractivity contribution >= 4 is 49.5 Å². The quantitative estimate of drug-likeness (QED) is 0.778. The molecule has 0 saturated heterocycles. The van der Waals surface area contributed by atoms with Gasteiger partial charge in [-0.25, -0.2) is 4.79 Å². The minimum atomic E-state index is -0.858. The van der Waals surface area contributed by atoms with Crippen LogP contribution in [0.5, 0.6) is 0 Å². The normalized spacial score (nSPS) is 10.2. The number of halogens is 2. The number of carbonyl (C=O) groups is 2. The van der Waals surface area contributed by atoms with E-state index in [4.69, 9.17) is 5.11 Å². The van der Waals surface area contributed by atoms with Crippen LogP contribution in [0.25, 0.3) is 0 Å². The van der Waals surface area contributed by atoms with Crippen molar-refractivity contribution in [3.05, 3.63) is 26.6 Å². The number of nitrogens with zero attached hydrogens (tertiary/aromatic N) is 1. The first kappa shape index (κ1) is 17.0. The van der Waals surface area contributed by atoms with E-state index < -0.39 is 5.97 Å². The van der Waals surface area contributed by atoms with Gasteiger partial charge in [0.25, 0.3) is 0 Å². The third-order valence-corrected chi connectivity index (χ3v) is 3.90. The summed E-state index contributed by atoms with van der Waals surface area (Å²) in [5.74, 6) is -0.858. The van der Waals surface area contributed by atoms with Crippen LogP contribution in [0.3, 0.4) is 0 Å². The fourth-order valence-corrected chi connectivity index (χ4v) is 3.20. The Labute approximate surface area is 134 Å². The molecule has 0 aliphatic rings. The van der Waals surface area contributed by atoms with E-state index >= 15 is 0 Å². The average molecular weight is 408 g/mol. The number of urea groups is 1. The second kappa shape index (κ2) is 7.64. The number of anilines is 1. The molecule has 0 saturated carbocycles. The Morgan fingerprint density at radius 3 is 2.35 bits per heavy atom. The third-order valence-electron chi connectivity index (χ3n) is 2.65. The second-order valence-electron chi connectivity index (χ2n) is 4.45. The second-order valence-corrected chi connectivity index (χ2v) is 6.16. The minimum absolute atomic E-state index is 0.0511. The van der Waals surface area contributed by atoms with Gasteiger partial charge in [-0.1, -0.05) is 0 Å². The van der Waals surface area contributed by atoms with E-state index in [-0.39, 0.29) is 12.5 Å². The smallest absolute Gasteiger partial charge is 0.321 e. The van der Waals surface area contributed by atoms with E-state index in [1.165, 1.54) is 4.90 Å². The number of carboxylic acid groups (broad SMARTS) is 1. The molecule has 1 rings (SSSR count). The largest absolute Gasteiger partial charge is 0.481 e. The number of amides is 2. The van der Waals surface area contributed by atoms with Crippen molar-refractivity contribution in [2.45, 2.75) is 19.8 Å². The molecule has 20 heavy (non-hydrogen) atoms. The Kier molecular flexibility index (Phi) is 6.48. The maximum absolute atomic E-state index is 12.0. The number of benzene rings is 1. The van der Waals surface area contributed by atoms with Gasteiger partial charge in [-0.3, -0.25) is 4.79 Å². The molecule has 0 aromatic heterocycles. The molecule has 0 radical (unpaired) electrons. The summed E-state index contributed by atoms with van der Waals surface area (Å²) in [4.78, 5) is 23.9. The topological polar surface area (TPSA) is 69.6 Å². The lowest BCUT2D eigenvalue weighted by atomic mass is 10.2. The third kappa shape index (κ3) is 5.13. The van der Waals surface area contributed by atoms with Gasteiger partial charge in [0.15, 0.2) is 0 Å². The van der Waals surface area contributed by atoms with Crippen LogP contribution in [0.2, 0.25) is 0 Å². The van der Waals surface area contributed by atoms with Gasteiger partial charge in [0, 0.05) is 29.0 Å². The summed E-state index contributed by atoms with van der Waals surface area (Å²) in [6.45, 7) is 2.35. The molecular formula is C13H16Br2N2O3. The molecule has 2 amide bonds. The van der Waals surface area contributed by atoms with Crippen molar-refractivity contribution in [1.82, 2.24) is 4.90 Å². The molecule has 110 valence electrons. The number of carboxylic acids is 1. The number of aryl methyl sites for hydroxylation is 1. The monoisotopic (exact) mass is 406 g/mol. The minimum Gasteiger partial charge on any atom is -0.481 e. The van der Waals surface area contributed by atoms with Crippen LogP contribution < -0.4 is 5.32 Å². The van der Waals surface area contributed by atoms with Gasteiger partial charge in [-0.15, -0.1) is 0 Å². The Balaban J connectivity index is 2.64. The van der Waals surface area contributed by atoms with Crippen molar-refractivity contribution in [2.75, 3.05) is 18.9 Å². The van der Waals surface area contributed by atoms with Crippen molar-refractivity contribution in [3.63, 3.8) is 0 Å². The number of hydrogen-bond acceptors (Lipinski definition) is 2. The number of carbonyl (C=O) groups excluding carboxylic acids is 1. The molecule has 5 nitrogen and oxygen atoms in total. The van der Waals surface area contributed by atoms with Gasteiger partial charge in [0.05, 0.1) is 5.69 Å². The highest BCUT2D eigenvalue weighted by atomic mass is 79.9. The maximum Gasteiger partial charge on any atom is 0.321 e. The Bertz CT molecular complexity index is 497. The van der Waals surface area contributed by atoms with Crippen LogP contribution in [0.1, 0.15) is 18.4 Å². The molecule has 0 spiro atoms. The highest BCUT2D eigenvalue weighted by Crippen LogP contribution is 2.32. The molecule has 0 bridgehead atoms. The Hall–Kier alpha value is -1.08. The number of nitrogens with one attached hydrogen (secondary N) is 1. The highest BCUT2D eigenvalue weighted by Gasteiger charge is 2.13. The first-order chi connectivity index (χ1) is 9.31. The zero-order valence-corrected chi connectivity index (χ0v) is 14.4. The fourth-order valence-electron chi connectivity index (χ4n) is 1.59. The standard InChI is InChI=1S/C13H16Br2N2O3/c1-8-6-9(14)12(10(15)7-8)16-13(20)17(2)5-3-4-11(18)19/h6-7H,3-5H2,1-2H3,(H,16,20)(H,18,19). The predicted molar refractivity (Wildman–Crippen MR) is 85.1 cm³/mol. The van der Waals surface area contributed by atoms with Crippen LogP contribution in [0.4, 0.5) is 10.5 Å². The maximum atomic E-state index is 12.0. The molecular weight excluding hydrogens is 392 g/mol. The first-order valence-electron chi connectivity index (χ1n) is 6.01. The summed E-state index contributed by atoms with van der Waals surface area (Å²) in [5, 5.41) is 11.4. The molecule has 0 atom stereocenters. The first-order valence-corrected chi connectivity index (χ1v) is 7.59. The summed E-state index contributed by atoms with van der Waals surface area (Å²) in [5.41, 5.74) is 1.72. The van der Waals surface area contributed by atoms with Crippen LogP contribution in [0, 0.1) is 6.92 Å². The lowest BCUT2D eigenvalue weighted by Gasteiger charge is -2.19. The van der Waals surface area contributed by atoms with Gasteiger partial charge in [0.1, 0.15) is 0 Å². The summed E-state index contributed by atoms with van der Waals surface area (Å²) in [6.07, 6.45) is 0.477. The van der Waals surface area contributed by atoms with E-state index in [2.05, 4.69) is 37.2 Å². The van der Waals surface area contributed by atoms with Gasteiger partial charge in [0.2, 0.25) is 0 Å². The van der Waals surface area contributed by atoms with E-state index in [1.54, 1.807) is 7.05 Å². The van der Waals surface area contributed by atoms with E-state index in [0.717, 1.165) is 14.5 Å².